The molecular weight excluding hydrogens is 278 g/mol. The summed E-state index contributed by atoms with van der Waals surface area (Å²) in [5.74, 6) is -2.20. The minimum absolute atomic E-state index is 0.0448. The van der Waals surface area contributed by atoms with Crippen LogP contribution >= 0.6 is 0 Å². The Kier molecular flexibility index (Phi) is 8.61. The summed E-state index contributed by atoms with van der Waals surface area (Å²) in [4.78, 5) is 34.9. The minimum Gasteiger partial charge on any atom is -0.469 e. The Morgan fingerprint density at radius 1 is 1.10 bits per heavy atom. The third-order valence-corrected chi connectivity index (χ3v) is 3.04. The first-order chi connectivity index (χ1) is 9.72. The van der Waals surface area contributed by atoms with Crippen molar-refractivity contribution in [2.45, 2.75) is 45.8 Å². The molecule has 0 heterocycles. The fourth-order valence-corrected chi connectivity index (χ4v) is 1.83. The molecule has 0 aliphatic rings. The lowest BCUT2D eigenvalue weighted by Gasteiger charge is -2.23. The quantitative estimate of drug-likeness (QED) is 0.623. The molecule has 7 nitrogen and oxygen atoms in total. The maximum Gasteiger partial charge on any atom is 0.328 e. The second-order valence-corrected chi connectivity index (χ2v) is 5.41. The van der Waals surface area contributed by atoms with Crippen molar-refractivity contribution in [3.8, 4) is 0 Å². The van der Waals surface area contributed by atoms with Crippen LogP contribution in [-0.4, -0.2) is 49.3 Å². The van der Waals surface area contributed by atoms with Crippen molar-refractivity contribution >= 4 is 17.8 Å². The summed E-state index contributed by atoms with van der Waals surface area (Å²) < 4.78 is 9.16. The maximum absolute atomic E-state index is 11.9. The van der Waals surface area contributed by atoms with Gasteiger partial charge >= 0.3 is 11.9 Å². The highest BCUT2D eigenvalue weighted by Crippen LogP contribution is 2.12. The number of esters is 2. The summed E-state index contributed by atoms with van der Waals surface area (Å²) in [5.41, 5.74) is 0. The Labute approximate surface area is 125 Å². The molecular formula is C14H25NO6. The lowest BCUT2D eigenvalue weighted by molar-refractivity contribution is -0.149. The number of methoxy groups -OCH3 is 2. The lowest BCUT2D eigenvalue weighted by atomic mass is 9.97. The predicted molar refractivity (Wildman–Crippen MR) is 75.2 cm³/mol. The zero-order chi connectivity index (χ0) is 16.6. The van der Waals surface area contributed by atoms with E-state index in [-0.39, 0.29) is 18.8 Å². The summed E-state index contributed by atoms with van der Waals surface area (Å²) in [7, 11) is 2.43. The molecule has 0 aromatic rings. The number of hydrogen-bond acceptors (Lipinski definition) is 6. The first kappa shape index (κ1) is 19.4. The van der Waals surface area contributed by atoms with E-state index in [1.54, 1.807) is 6.92 Å². The number of hydrogen-bond donors (Lipinski definition) is 2. The number of rotatable bonds is 8. The maximum atomic E-state index is 11.9. The van der Waals surface area contributed by atoms with Crippen LogP contribution in [0.3, 0.4) is 0 Å². The fraction of sp³-hybridized carbons (Fsp3) is 0.786. The van der Waals surface area contributed by atoms with E-state index in [1.807, 2.05) is 13.8 Å². The summed E-state index contributed by atoms with van der Waals surface area (Å²) >= 11 is 0. The van der Waals surface area contributed by atoms with Crippen LogP contribution in [0.15, 0.2) is 0 Å². The molecule has 0 bridgehead atoms. The molecule has 0 saturated carbocycles. The molecule has 122 valence electrons. The van der Waals surface area contributed by atoms with Gasteiger partial charge in [0.05, 0.1) is 20.6 Å². The Hall–Kier alpha value is -1.63. The molecule has 0 spiro atoms. The van der Waals surface area contributed by atoms with Gasteiger partial charge in [0, 0.05) is 0 Å². The van der Waals surface area contributed by atoms with E-state index in [0.29, 0.717) is 0 Å². The third kappa shape index (κ3) is 7.08. The number of ether oxygens (including phenoxy) is 2. The van der Waals surface area contributed by atoms with Crippen LogP contribution in [0.4, 0.5) is 0 Å². The minimum atomic E-state index is -1.21. The zero-order valence-electron chi connectivity index (χ0n) is 13.2. The van der Waals surface area contributed by atoms with Crippen LogP contribution in [0.5, 0.6) is 0 Å². The molecule has 0 unspecified atom stereocenters. The average molecular weight is 303 g/mol. The smallest absolute Gasteiger partial charge is 0.328 e. The summed E-state index contributed by atoms with van der Waals surface area (Å²) in [6.07, 6.45) is -0.968. The van der Waals surface area contributed by atoms with Gasteiger partial charge in [0.15, 0.2) is 0 Å². The van der Waals surface area contributed by atoms with E-state index < -0.39 is 35.9 Å². The van der Waals surface area contributed by atoms with Crippen molar-refractivity contribution < 1.29 is 29.0 Å². The van der Waals surface area contributed by atoms with Crippen molar-refractivity contribution in [3.63, 3.8) is 0 Å². The van der Waals surface area contributed by atoms with Crippen LogP contribution in [0.1, 0.15) is 33.6 Å². The molecule has 7 heteroatoms. The van der Waals surface area contributed by atoms with Gasteiger partial charge in [-0.1, -0.05) is 20.8 Å². The van der Waals surface area contributed by atoms with Crippen molar-refractivity contribution in [3.05, 3.63) is 0 Å². The first-order valence-corrected chi connectivity index (χ1v) is 6.86. The van der Waals surface area contributed by atoms with Crippen molar-refractivity contribution in [2.24, 2.45) is 11.8 Å². The van der Waals surface area contributed by atoms with E-state index in [4.69, 9.17) is 0 Å². The Bertz CT molecular complexity index is 368. The van der Waals surface area contributed by atoms with Gasteiger partial charge in [-0.3, -0.25) is 9.59 Å². The molecule has 0 rings (SSSR count). The first-order valence-electron chi connectivity index (χ1n) is 6.86. The molecule has 21 heavy (non-hydrogen) atoms. The highest BCUT2D eigenvalue weighted by Gasteiger charge is 2.31. The third-order valence-electron chi connectivity index (χ3n) is 3.04. The largest absolute Gasteiger partial charge is 0.469 e. The van der Waals surface area contributed by atoms with Crippen molar-refractivity contribution in [2.75, 3.05) is 14.2 Å². The fourth-order valence-electron chi connectivity index (χ4n) is 1.83. The molecule has 2 N–H and O–H groups in total. The summed E-state index contributed by atoms with van der Waals surface area (Å²) in [5, 5.41) is 12.2. The second-order valence-electron chi connectivity index (χ2n) is 5.41. The number of carbonyl (C=O) groups is 3. The predicted octanol–water partition coefficient (Wildman–Crippen LogP) is 0.250. The van der Waals surface area contributed by atoms with E-state index in [2.05, 4.69) is 14.8 Å². The topological polar surface area (TPSA) is 102 Å². The van der Waals surface area contributed by atoms with E-state index in [0.717, 1.165) is 0 Å². The molecule has 0 radical (unpaired) electrons. The molecule has 0 aromatic heterocycles. The highest BCUT2D eigenvalue weighted by molar-refractivity contribution is 5.87. The van der Waals surface area contributed by atoms with Crippen LogP contribution in [-0.2, 0) is 23.9 Å². The molecule has 0 aliphatic carbocycles. The van der Waals surface area contributed by atoms with Gasteiger partial charge in [0.2, 0.25) is 5.91 Å². The van der Waals surface area contributed by atoms with E-state index in [1.165, 1.54) is 14.2 Å². The standard InChI is InChI=1S/C14H25NO6/c1-8(2)6-10(16)13(18)15-12(14(19)21-5)9(3)7-11(17)20-4/h8-10,12,16H,6-7H2,1-5H3,(H,15,18)/t9-,10+,12+/m0/s1. The van der Waals surface area contributed by atoms with Gasteiger partial charge in [0.1, 0.15) is 12.1 Å². The van der Waals surface area contributed by atoms with E-state index >= 15 is 0 Å². The van der Waals surface area contributed by atoms with Gasteiger partial charge < -0.3 is 19.9 Å². The van der Waals surface area contributed by atoms with Crippen LogP contribution < -0.4 is 5.32 Å². The number of aliphatic hydroxyl groups is 1. The monoisotopic (exact) mass is 303 g/mol. The lowest BCUT2D eigenvalue weighted by Crippen LogP contribution is -2.49. The normalized spacial score (nSPS) is 15.0. The van der Waals surface area contributed by atoms with Gasteiger partial charge in [-0.05, 0) is 18.3 Å². The molecule has 1 amide bonds. The van der Waals surface area contributed by atoms with Crippen LogP contribution in [0.25, 0.3) is 0 Å². The Morgan fingerprint density at radius 3 is 2.10 bits per heavy atom. The van der Waals surface area contributed by atoms with Gasteiger partial charge in [-0.2, -0.15) is 0 Å². The average Bonchev–Trinajstić information content (AvgIpc) is 2.42. The summed E-state index contributed by atoms with van der Waals surface area (Å²) in [6, 6.07) is -1.01. The van der Waals surface area contributed by atoms with Crippen LogP contribution in [0, 0.1) is 11.8 Å². The van der Waals surface area contributed by atoms with Gasteiger partial charge in [-0.25, -0.2) is 4.79 Å². The molecule has 0 aliphatic heterocycles. The number of carbonyl (C=O) groups excluding carboxylic acids is 3. The van der Waals surface area contributed by atoms with Crippen molar-refractivity contribution in [1.29, 1.82) is 0 Å². The number of nitrogens with one attached hydrogen (secondary N) is 1. The summed E-state index contributed by atoms with van der Waals surface area (Å²) in [6.45, 7) is 5.36. The molecule has 0 saturated heterocycles. The van der Waals surface area contributed by atoms with Crippen LogP contribution in [0.2, 0.25) is 0 Å². The number of aliphatic hydroxyl groups excluding tert-OH is 1. The SMILES string of the molecule is COC(=O)C[C@H](C)[C@@H](NC(=O)[C@H](O)CC(C)C)C(=O)OC. The number of amides is 1. The Balaban J connectivity index is 4.80. The molecule has 0 fully saturated rings. The van der Waals surface area contributed by atoms with Gasteiger partial charge in [-0.15, -0.1) is 0 Å². The molecule has 0 aromatic carbocycles. The Morgan fingerprint density at radius 2 is 1.67 bits per heavy atom. The molecule has 3 atom stereocenters. The zero-order valence-corrected chi connectivity index (χ0v) is 13.2. The van der Waals surface area contributed by atoms with Gasteiger partial charge in [0.25, 0.3) is 0 Å². The highest BCUT2D eigenvalue weighted by atomic mass is 16.5. The second kappa shape index (κ2) is 9.33. The van der Waals surface area contributed by atoms with Crippen molar-refractivity contribution in [1.82, 2.24) is 5.32 Å². The van der Waals surface area contributed by atoms with E-state index in [9.17, 15) is 19.5 Å².